The highest BCUT2D eigenvalue weighted by atomic mass is 16.5. The summed E-state index contributed by atoms with van der Waals surface area (Å²) in [5, 5.41) is 7.03. The standard InChI is InChI=1S/C18H38N4O/c1-5-16(6-2)15-20-18(19-7-3)21-17-9-12-22(13-10-17)11-8-14-23-4/h16-17H,5-15H2,1-4H3,(H2,19,20,21). The monoisotopic (exact) mass is 326 g/mol. The van der Waals surface area contributed by atoms with E-state index in [2.05, 4.69) is 36.3 Å². The van der Waals surface area contributed by atoms with Gasteiger partial charge in [0, 0.05) is 52.5 Å². The van der Waals surface area contributed by atoms with Crippen molar-refractivity contribution in [2.75, 3.05) is 46.4 Å². The normalized spacial score (nSPS) is 17.7. The minimum Gasteiger partial charge on any atom is -0.385 e. The molecule has 0 aromatic rings. The molecule has 23 heavy (non-hydrogen) atoms. The zero-order valence-corrected chi connectivity index (χ0v) is 15.7. The summed E-state index contributed by atoms with van der Waals surface area (Å²) in [6.45, 7) is 12.9. The van der Waals surface area contributed by atoms with Crippen LogP contribution in [0.2, 0.25) is 0 Å². The summed E-state index contributed by atoms with van der Waals surface area (Å²) in [6, 6.07) is 0.549. The number of ether oxygens (including phenoxy) is 1. The van der Waals surface area contributed by atoms with Gasteiger partial charge in [0.2, 0.25) is 0 Å². The number of hydrogen-bond acceptors (Lipinski definition) is 3. The summed E-state index contributed by atoms with van der Waals surface area (Å²) in [6.07, 6.45) is 5.94. The van der Waals surface area contributed by atoms with E-state index in [1.165, 1.54) is 38.8 Å². The van der Waals surface area contributed by atoms with E-state index in [1.807, 2.05) is 0 Å². The van der Waals surface area contributed by atoms with Crippen LogP contribution in [-0.2, 0) is 4.74 Å². The average molecular weight is 327 g/mol. The number of likely N-dealkylation sites (tertiary alicyclic amines) is 1. The fourth-order valence-corrected chi connectivity index (χ4v) is 3.01. The molecular formula is C18H38N4O. The summed E-state index contributed by atoms with van der Waals surface area (Å²) in [5.41, 5.74) is 0. The van der Waals surface area contributed by atoms with Crippen LogP contribution in [0, 0.1) is 5.92 Å². The highest BCUT2D eigenvalue weighted by molar-refractivity contribution is 5.80. The van der Waals surface area contributed by atoms with Crippen molar-refractivity contribution in [1.29, 1.82) is 0 Å². The summed E-state index contributed by atoms with van der Waals surface area (Å²) in [5.74, 6) is 1.70. The van der Waals surface area contributed by atoms with Crippen LogP contribution in [0.5, 0.6) is 0 Å². The fraction of sp³-hybridized carbons (Fsp3) is 0.944. The van der Waals surface area contributed by atoms with Gasteiger partial charge in [-0.25, -0.2) is 0 Å². The van der Waals surface area contributed by atoms with E-state index in [1.54, 1.807) is 7.11 Å². The van der Waals surface area contributed by atoms with Gasteiger partial charge in [0.15, 0.2) is 5.96 Å². The van der Waals surface area contributed by atoms with Crippen molar-refractivity contribution in [2.24, 2.45) is 10.9 Å². The van der Waals surface area contributed by atoms with Crippen molar-refractivity contribution in [3.63, 3.8) is 0 Å². The molecule has 1 heterocycles. The van der Waals surface area contributed by atoms with E-state index >= 15 is 0 Å². The highest BCUT2D eigenvalue weighted by Gasteiger charge is 2.19. The Morgan fingerprint density at radius 2 is 1.91 bits per heavy atom. The number of aliphatic imine (C=N–C) groups is 1. The third-order valence-electron chi connectivity index (χ3n) is 4.76. The van der Waals surface area contributed by atoms with Gasteiger partial charge >= 0.3 is 0 Å². The number of hydrogen-bond donors (Lipinski definition) is 2. The lowest BCUT2D eigenvalue weighted by Crippen LogP contribution is -2.49. The number of guanidine groups is 1. The molecule has 0 spiro atoms. The van der Waals surface area contributed by atoms with Gasteiger partial charge < -0.3 is 20.3 Å². The zero-order chi connectivity index (χ0) is 16.9. The number of rotatable bonds is 10. The van der Waals surface area contributed by atoms with Crippen LogP contribution < -0.4 is 10.6 Å². The molecule has 0 radical (unpaired) electrons. The lowest BCUT2D eigenvalue weighted by atomic mass is 10.0. The third-order valence-corrected chi connectivity index (χ3v) is 4.76. The highest BCUT2D eigenvalue weighted by Crippen LogP contribution is 2.11. The molecule has 2 N–H and O–H groups in total. The minimum atomic E-state index is 0.549. The summed E-state index contributed by atoms with van der Waals surface area (Å²) >= 11 is 0. The van der Waals surface area contributed by atoms with E-state index in [0.717, 1.165) is 38.6 Å². The largest absolute Gasteiger partial charge is 0.385 e. The summed E-state index contributed by atoms with van der Waals surface area (Å²) in [7, 11) is 1.78. The minimum absolute atomic E-state index is 0.549. The third kappa shape index (κ3) is 8.56. The lowest BCUT2D eigenvalue weighted by Gasteiger charge is -2.33. The maximum absolute atomic E-state index is 5.14. The van der Waals surface area contributed by atoms with Gasteiger partial charge in [-0.2, -0.15) is 0 Å². The van der Waals surface area contributed by atoms with Gasteiger partial charge in [0.05, 0.1) is 0 Å². The van der Waals surface area contributed by atoms with Crippen molar-refractivity contribution >= 4 is 5.96 Å². The van der Waals surface area contributed by atoms with Gasteiger partial charge in [-0.3, -0.25) is 4.99 Å². The summed E-state index contributed by atoms with van der Waals surface area (Å²) in [4.78, 5) is 7.34. The number of nitrogens with one attached hydrogen (secondary N) is 2. The van der Waals surface area contributed by atoms with Crippen LogP contribution in [0.4, 0.5) is 0 Å². The van der Waals surface area contributed by atoms with Crippen LogP contribution in [0.1, 0.15) is 52.9 Å². The zero-order valence-electron chi connectivity index (χ0n) is 15.7. The molecule has 0 aliphatic carbocycles. The second-order valence-electron chi connectivity index (χ2n) is 6.51. The van der Waals surface area contributed by atoms with Gasteiger partial charge in [-0.1, -0.05) is 26.7 Å². The van der Waals surface area contributed by atoms with E-state index in [4.69, 9.17) is 9.73 Å². The van der Waals surface area contributed by atoms with Gasteiger partial charge in [-0.05, 0) is 32.1 Å². The molecule has 0 saturated carbocycles. The number of nitrogens with zero attached hydrogens (tertiary/aromatic N) is 2. The molecule has 0 bridgehead atoms. The first kappa shape index (κ1) is 20.2. The SMILES string of the molecule is CCNC(=NCC(CC)CC)NC1CCN(CCCOC)CC1. The molecule has 1 fully saturated rings. The van der Waals surface area contributed by atoms with Gasteiger partial charge in [0.1, 0.15) is 0 Å². The summed E-state index contributed by atoms with van der Waals surface area (Å²) < 4.78 is 5.14. The van der Waals surface area contributed by atoms with E-state index < -0.39 is 0 Å². The van der Waals surface area contributed by atoms with Crippen LogP contribution in [-0.4, -0.2) is 63.3 Å². The van der Waals surface area contributed by atoms with Crippen molar-refractivity contribution in [2.45, 2.75) is 58.9 Å². The first-order valence-corrected chi connectivity index (χ1v) is 9.49. The van der Waals surface area contributed by atoms with Crippen LogP contribution in [0.3, 0.4) is 0 Å². The quantitative estimate of drug-likeness (QED) is 0.368. The van der Waals surface area contributed by atoms with E-state index in [0.29, 0.717) is 12.0 Å². The Balaban J connectivity index is 2.35. The second kappa shape index (κ2) is 12.6. The predicted octanol–water partition coefficient (Wildman–Crippen LogP) is 2.48. The Kier molecular flexibility index (Phi) is 11.1. The number of piperidine rings is 1. The van der Waals surface area contributed by atoms with E-state index in [-0.39, 0.29) is 0 Å². The Hall–Kier alpha value is -0.810. The van der Waals surface area contributed by atoms with E-state index in [9.17, 15) is 0 Å². The molecular weight excluding hydrogens is 288 g/mol. The molecule has 0 atom stereocenters. The molecule has 0 amide bonds. The first-order valence-electron chi connectivity index (χ1n) is 9.49. The molecule has 1 rings (SSSR count). The van der Waals surface area contributed by atoms with Gasteiger partial charge in [-0.15, -0.1) is 0 Å². The van der Waals surface area contributed by atoms with Crippen molar-refractivity contribution in [3.05, 3.63) is 0 Å². The fourth-order valence-electron chi connectivity index (χ4n) is 3.01. The van der Waals surface area contributed by atoms with Crippen molar-refractivity contribution < 1.29 is 4.74 Å². The molecule has 5 nitrogen and oxygen atoms in total. The molecule has 1 aliphatic heterocycles. The lowest BCUT2D eigenvalue weighted by molar-refractivity contribution is 0.155. The van der Waals surface area contributed by atoms with Crippen LogP contribution in [0.25, 0.3) is 0 Å². The Morgan fingerprint density at radius 3 is 2.48 bits per heavy atom. The smallest absolute Gasteiger partial charge is 0.191 e. The predicted molar refractivity (Wildman–Crippen MR) is 99.1 cm³/mol. The van der Waals surface area contributed by atoms with Gasteiger partial charge in [0.25, 0.3) is 0 Å². The number of methoxy groups -OCH3 is 1. The maximum Gasteiger partial charge on any atom is 0.191 e. The average Bonchev–Trinajstić information content (AvgIpc) is 2.57. The molecule has 136 valence electrons. The first-order chi connectivity index (χ1) is 11.2. The Bertz CT molecular complexity index is 310. The molecule has 0 aromatic carbocycles. The molecule has 5 heteroatoms. The Labute approximate surface area is 143 Å². The topological polar surface area (TPSA) is 48.9 Å². The Morgan fingerprint density at radius 1 is 1.22 bits per heavy atom. The molecule has 0 aromatic heterocycles. The molecule has 0 unspecified atom stereocenters. The maximum atomic E-state index is 5.14. The molecule has 1 aliphatic rings. The van der Waals surface area contributed by atoms with Crippen LogP contribution in [0.15, 0.2) is 4.99 Å². The van der Waals surface area contributed by atoms with Crippen molar-refractivity contribution in [3.8, 4) is 0 Å². The second-order valence-corrected chi connectivity index (χ2v) is 6.51. The van der Waals surface area contributed by atoms with Crippen LogP contribution >= 0.6 is 0 Å². The molecule has 1 saturated heterocycles. The van der Waals surface area contributed by atoms with Crippen molar-refractivity contribution in [1.82, 2.24) is 15.5 Å².